The van der Waals surface area contributed by atoms with Crippen LogP contribution in [0.25, 0.3) is 10.9 Å². The van der Waals surface area contributed by atoms with Crippen LogP contribution in [0.1, 0.15) is 6.92 Å². The minimum atomic E-state index is -0.979. The van der Waals surface area contributed by atoms with Gasteiger partial charge >= 0.3 is 5.97 Å². The van der Waals surface area contributed by atoms with Gasteiger partial charge in [0.15, 0.2) is 5.82 Å². The van der Waals surface area contributed by atoms with E-state index in [0.29, 0.717) is 11.3 Å². The minimum absolute atomic E-state index is 0.236. The van der Waals surface area contributed by atoms with E-state index in [9.17, 15) is 9.59 Å². The highest BCUT2D eigenvalue weighted by Gasteiger charge is 2.12. The van der Waals surface area contributed by atoms with Gasteiger partial charge in [-0.3, -0.25) is 14.3 Å². The number of para-hydroxylation sites is 1. The third-order valence-corrected chi connectivity index (χ3v) is 2.24. The topological polar surface area (TPSA) is 84.2 Å². The molecular weight excluding hydrogens is 222 g/mol. The maximum Gasteiger partial charge on any atom is 0.325 e. The molecule has 2 aromatic rings. The standard InChI is InChI=1S/C11H11N3O3/c1-7(15)12-11-8-4-2-3-5-9(8)14(13-11)6-10(16)17/h2-5H,6H2,1H3,(H,16,17)(H,12,13,15). The number of amides is 1. The summed E-state index contributed by atoms with van der Waals surface area (Å²) in [5.74, 6) is -0.835. The number of nitrogens with one attached hydrogen (secondary N) is 1. The van der Waals surface area contributed by atoms with Crippen LogP contribution >= 0.6 is 0 Å². The van der Waals surface area contributed by atoms with E-state index in [0.717, 1.165) is 5.39 Å². The van der Waals surface area contributed by atoms with Crippen molar-refractivity contribution in [1.82, 2.24) is 9.78 Å². The van der Waals surface area contributed by atoms with E-state index in [1.165, 1.54) is 11.6 Å². The Balaban J connectivity index is 2.53. The van der Waals surface area contributed by atoms with Gasteiger partial charge in [0.05, 0.1) is 5.52 Å². The summed E-state index contributed by atoms with van der Waals surface area (Å²) in [6, 6.07) is 7.14. The molecular formula is C11H11N3O3. The zero-order valence-electron chi connectivity index (χ0n) is 9.17. The molecule has 0 bridgehead atoms. The predicted molar refractivity (Wildman–Crippen MR) is 61.7 cm³/mol. The fourth-order valence-corrected chi connectivity index (χ4v) is 1.64. The van der Waals surface area contributed by atoms with Crippen molar-refractivity contribution >= 4 is 28.6 Å². The quantitative estimate of drug-likeness (QED) is 0.830. The summed E-state index contributed by atoms with van der Waals surface area (Å²) in [6.07, 6.45) is 0. The third kappa shape index (κ3) is 2.25. The molecule has 1 amide bonds. The molecule has 1 aromatic heterocycles. The second-order valence-corrected chi connectivity index (χ2v) is 3.60. The van der Waals surface area contributed by atoms with Gasteiger partial charge in [-0.2, -0.15) is 5.10 Å². The lowest BCUT2D eigenvalue weighted by Crippen LogP contribution is -2.11. The number of carbonyl (C=O) groups excluding carboxylic acids is 1. The van der Waals surface area contributed by atoms with Gasteiger partial charge in [0.1, 0.15) is 6.54 Å². The van der Waals surface area contributed by atoms with Gasteiger partial charge in [0.2, 0.25) is 5.91 Å². The number of benzene rings is 1. The number of aliphatic carboxylic acids is 1. The molecule has 0 fully saturated rings. The van der Waals surface area contributed by atoms with Gasteiger partial charge in [-0.05, 0) is 12.1 Å². The molecule has 6 nitrogen and oxygen atoms in total. The lowest BCUT2D eigenvalue weighted by Gasteiger charge is -1.97. The summed E-state index contributed by atoms with van der Waals surface area (Å²) in [5.41, 5.74) is 0.679. The first kappa shape index (κ1) is 11.1. The average Bonchev–Trinajstić information content (AvgIpc) is 2.56. The first-order chi connectivity index (χ1) is 8.08. The normalized spacial score (nSPS) is 10.4. The van der Waals surface area contributed by atoms with Crippen LogP contribution in [0.4, 0.5) is 5.82 Å². The number of nitrogens with zero attached hydrogens (tertiary/aromatic N) is 2. The van der Waals surface area contributed by atoms with E-state index >= 15 is 0 Å². The SMILES string of the molecule is CC(=O)Nc1nn(CC(=O)O)c2ccccc12. The van der Waals surface area contributed by atoms with E-state index in [-0.39, 0.29) is 12.5 Å². The van der Waals surface area contributed by atoms with Crippen LogP contribution in [-0.4, -0.2) is 26.8 Å². The highest BCUT2D eigenvalue weighted by atomic mass is 16.4. The first-order valence-corrected chi connectivity index (χ1v) is 5.03. The van der Waals surface area contributed by atoms with E-state index in [1.54, 1.807) is 24.3 Å². The molecule has 0 aliphatic carbocycles. The molecule has 0 aliphatic heterocycles. The molecule has 0 aliphatic rings. The van der Waals surface area contributed by atoms with E-state index in [1.807, 2.05) is 0 Å². The molecule has 0 saturated heterocycles. The van der Waals surface area contributed by atoms with Crippen molar-refractivity contribution in [2.75, 3.05) is 5.32 Å². The molecule has 0 atom stereocenters. The van der Waals surface area contributed by atoms with Crippen molar-refractivity contribution in [3.63, 3.8) is 0 Å². The highest BCUT2D eigenvalue weighted by molar-refractivity contribution is 5.99. The summed E-state index contributed by atoms with van der Waals surface area (Å²) in [5, 5.41) is 16.1. The molecule has 1 heterocycles. The number of hydrogen-bond acceptors (Lipinski definition) is 3. The van der Waals surface area contributed by atoms with Gasteiger partial charge in [-0.15, -0.1) is 0 Å². The fourth-order valence-electron chi connectivity index (χ4n) is 1.64. The number of carboxylic acids is 1. The number of rotatable bonds is 3. The van der Waals surface area contributed by atoms with Crippen molar-refractivity contribution in [3.8, 4) is 0 Å². The summed E-state index contributed by atoms with van der Waals surface area (Å²) in [6.45, 7) is 1.14. The third-order valence-electron chi connectivity index (χ3n) is 2.24. The van der Waals surface area contributed by atoms with Gasteiger partial charge in [-0.25, -0.2) is 0 Å². The van der Waals surface area contributed by atoms with Crippen LogP contribution in [0.15, 0.2) is 24.3 Å². The Bertz CT molecular complexity index is 539. The number of carboxylic acid groups (broad SMARTS) is 1. The average molecular weight is 233 g/mol. The Kier molecular flexibility index (Phi) is 2.78. The second-order valence-electron chi connectivity index (χ2n) is 3.60. The number of anilines is 1. The zero-order valence-corrected chi connectivity index (χ0v) is 9.17. The summed E-state index contributed by atoms with van der Waals surface area (Å²) >= 11 is 0. The number of hydrogen-bond donors (Lipinski definition) is 2. The molecule has 0 saturated carbocycles. The molecule has 88 valence electrons. The summed E-state index contributed by atoms with van der Waals surface area (Å²) < 4.78 is 1.35. The van der Waals surface area contributed by atoms with E-state index in [2.05, 4.69) is 10.4 Å². The summed E-state index contributed by atoms with van der Waals surface area (Å²) in [7, 11) is 0. The van der Waals surface area contributed by atoms with E-state index in [4.69, 9.17) is 5.11 Å². The Morgan fingerprint density at radius 2 is 2.12 bits per heavy atom. The van der Waals surface area contributed by atoms with Crippen LogP contribution in [0.5, 0.6) is 0 Å². The van der Waals surface area contributed by atoms with Crippen LogP contribution in [0, 0.1) is 0 Å². The number of carbonyl (C=O) groups is 2. The Morgan fingerprint density at radius 1 is 1.41 bits per heavy atom. The molecule has 0 spiro atoms. The lowest BCUT2D eigenvalue weighted by atomic mass is 10.2. The molecule has 2 rings (SSSR count). The fraction of sp³-hybridized carbons (Fsp3) is 0.182. The Morgan fingerprint density at radius 3 is 2.76 bits per heavy atom. The molecule has 17 heavy (non-hydrogen) atoms. The largest absolute Gasteiger partial charge is 0.480 e. The lowest BCUT2D eigenvalue weighted by molar-refractivity contribution is -0.137. The van der Waals surface area contributed by atoms with Gasteiger partial charge in [0, 0.05) is 12.3 Å². The second kappa shape index (κ2) is 4.25. The smallest absolute Gasteiger partial charge is 0.325 e. The van der Waals surface area contributed by atoms with Crippen molar-refractivity contribution in [3.05, 3.63) is 24.3 Å². The first-order valence-electron chi connectivity index (χ1n) is 5.03. The number of fused-ring (bicyclic) bond motifs is 1. The monoisotopic (exact) mass is 233 g/mol. The zero-order chi connectivity index (χ0) is 12.4. The highest BCUT2D eigenvalue weighted by Crippen LogP contribution is 2.22. The maximum atomic E-state index is 11.0. The molecule has 1 aromatic carbocycles. The summed E-state index contributed by atoms with van der Waals surface area (Å²) in [4.78, 5) is 21.7. The molecule has 2 N–H and O–H groups in total. The Labute approximate surface area is 96.8 Å². The number of aromatic nitrogens is 2. The van der Waals surface area contributed by atoms with Crippen molar-refractivity contribution < 1.29 is 14.7 Å². The van der Waals surface area contributed by atoms with Crippen LogP contribution in [-0.2, 0) is 16.1 Å². The van der Waals surface area contributed by atoms with Crippen molar-refractivity contribution in [2.24, 2.45) is 0 Å². The van der Waals surface area contributed by atoms with Gasteiger partial charge < -0.3 is 10.4 Å². The Hall–Kier alpha value is -2.37. The van der Waals surface area contributed by atoms with Gasteiger partial charge in [-0.1, -0.05) is 12.1 Å². The molecule has 0 radical (unpaired) electrons. The van der Waals surface area contributed by atoms with Crippen LogP contribution in [0.3, 0.4) is 0 Å². The van der Waals surface area contributed by atoms with Gasteiger partial charge in [0.25, 0.3) is 0 Å². The maximum absolute atomic E-state index is 11.0. The minimum Gasteiger partial charge on any atom is -0.480 e. The van der Waals surface area contributed by atoms with Crippen LogP contribution < -0.4 is 5.32 Å². The molecule has 0 unspecified atom stereocenters. The van der Waals surface area contributed by atoms with Crippen LogP contribution in [0.2, 0.25) is 0 Å². The van der Waals surface area contributed by atoms with Crippen molar-refractivity contribution in [2.45, 2.75) is 13.5 Å². The predicted octanol–water partition coefficient (Wildman–Crippen LogP) is 1.08. The van der Waals surface area contributed by atoms with E-state index < -0.39 is 5.97 Å². The molecule has 6 heteroatoms. The van der Waals surface area contributed by atoms with Crippen molar-refractivity contribution in [1.29, 1.82) is 0 Å².